The van der Waals surface area contributed by atoms with Gasteiger partial charge in [0, 0.05) is 9.75 Å². The van der Waals surface area contributed by atoms with Gasteiger partial charge in [0.15, 0.2) is 0 Å². The zero-order valence-corrected chi connectivity index (χ0v) is 27.6. The van der Waals surface area contributed by atoms with E-state index in [0.717, 1.165) is 17.0 Å². The Kier molecular flexibility index (Phi) is 11.9. The molecular formula is C30H48O4SSi2. The highest BCUT2D eigenvalue weighted by Gasteiger charge is 2.36. The highest BCUT2D eigenvalue weighted by molar-refractivity contribution is 7.13. The quantitative estimate of drug-likeness (QED) is 0.263. The minimum Gasteiger partial charge on any atom is -0.488 e. The standard InChI is InChI=1S/C30H48O4SSi2/c1-12-21(17-18-31)26-16-14-23(35-26)20-32-22-13-15-24(27(29(2,3)4)33-36(8)9)25(19-22)28(30(5,6)7)34-37(10)11/h13-17,19,27-28,31H,12,18,20H2,1-11H3. The summed E-state index contributed by atoms with van der Waals surface area (Å²) >= 11 is 1.72. The van der Waals surface area contributed by atoms with Crippen LogP contribution in [0.4, 0.5) is 0 Å². The van der Waals surface area contributed by atoms with Crippen LogP contribution in [0.25, 0.3) is 5.57 Å². The molecule has 0 spiro atoms. The van der Waals surface area contributed by atoms with Gasteiger partial charge < -0.3 is 18.7 Å². The lowest BCUT2D eigenvalue weighted by Gasteiger charge is -2.39. The Morgan fingerprint density at radius 2 is 1.46 bits per heavy atom. The number of hydrogen-bond donors (Lipinski definition) is 1. The molecule has 7 heteroatoms. The van der Waals surface area contributed by atoms with Crippen molar-refractivity contribution in [2.45, 2.75) is 99.9 Å². The number of benzene rings is 1. The van der Waals surface area contributed by atoms with E-state index in [4.69, 9.17) is 13.6 Å². The van der Waals surface area contributed by atoms with Crippen LogP contribution in [-0.2, 0) is 15.5 Å². The molecule has 1 heterocycles. The second kappa shape index (κ2) is 13.7. The number of hydrogen-bond acceptors (Lipinski definition) is 5. The van der Waals surface area contributed by atoms with E-state index in [1.807, 2.05) is 6.08 Å². The summed E-state index contributed by atoms with van der Waals surface area (Å²) < 4.78 is 19.6. The minimum absolute atomic E-state index is 0.0242. The van der Waals surface area contributed by atoms with Gasteiger partial charge in [-0.05, 0) is 84.4 Å². The van der Waals surface area contributed by atoms with Crippen LogP contribution in [0.15, 0.2) is 36.4 Å². The summed E-state index contributed by atoms with van der Waals surface area (Å²) in [5.41, 5.74) is 3.41. The summed E-state index contributed by atoms with van der Waals surface area (Å²) in [6, 6.07) is 10.7. The molecule has 2 unspecified atom stereocenters. The van der Waals surface area contributed by atoms with Crippen molar-refractivity contribution in [3.05, 3.63) is 57.3 Å². The normalized spacial score (nSPS) is 14.9. The SMILES string of the molecule is CCC(=CCO)c1ccc(COc2ccc(C(O[Si](C)C)C(C)(C)C)c(C(O[Si](C)C)C(C)(C)C)c2)s1. The Balaban J connectivity index is 2.49. The Hall–Kier alpha value is -1.23. The monoisotopic (exact) mass is 560 g/mol. The highest BCUT2D eigenvalue weighted by Crippen LogP contribution is 2.46. The van der Waals surface area contributed by atoms with Crippen molar-refractivity contribution in [2.24, 2.45) is 10.8 Å². The molecule has 2 rings (SSSR count). The van der Waals surface area contributed by atoms with E-state index < -0.39 is 18.1 Å². The fraction of sp³-hybridized carbons (Fsp3) is 0.600. The molecule has 0 bridgehead atoms. The molecule has 37 heavy (non-hydrogen) atoms. The first-order chi connectivity index (χ1) is 17.2. The molecule has 2 aromatic rings. The molecule has 1 aromatic heterocycles. The van der Waals surface area contributed by atoms with Crippen molar-refractivity contribution in [1.82, 2.24) is 0 Å². The predicted octanol–water partition coefficient (Wildman–Crippen LogP) is 8.82. The average molecular weight is 561 g/mol. The third-order valence-electron chi connectivity index (χ3n) is 5.98. The smallest absolute Gasteiger partial charge is 0.205 e. The van der Waals surface area contributed by atoms with Crippen LogP contribution in [0.3, 0.4) is 0 Å². The van der Waals surface area contributed by atoms with Crippen molar-refractivity contribution >= 4 is 35.0 Å². The molecule has 1 N–H and O–H groups in total. The van der Waals surface area contributed by atoms with Gasteiger partial charge in [0.05, 0.1) is 18.8 Å². The van der Waals surface area contributed by atoms with E-state index in [-0.39, 0.29) is 29.6 Å². The number of ether oxygens (including phenoxy) is 1. The van der Waals surface area contributed by atoms with Crippen LogP contribution in [0.5, 0.6) is 5.75 Å². The molecular weight excluding hydrogens is 513 g/mol. The molecule has 0 aliphatic heterocycles. The lowest BCUT2D eigenvalue weighted by molar-refractivity contribution is 0.0653. The van der Waals surface area contributed by atoms with Crippen LogP contribution in [0.2, 0.25) is 26.2 Å². The van der Waals surface area contributed by atoms with Crippen molar-refractivity contribution in [3.8, 4) is 5.75 Å². The lowest BCUT2D eigenvalue weighted by Crippen LogP contribution is -2.31. The van der Waals surface area contributed by atoms with Gasteiger partial charge in [-0.2, -0.15) is 0 Å². The summed E-state index contributed by atoms with van der Waals surface area (Å²) in [5.74, 6) is 0.848. The van der Waals surface area contributed by atoms with Gasteiger partial charge >= 0.3 is 0 Å². The second-order valence-corrected chi connectivity index (χ2v) is 17.4. The van der Waals surface area contributed by atoms with Gasteiger partial charge in [0.25, 0.3) is 0 Å². The predicted molar refractivity (Wildman–Crippen MR) is 162 cm³/mol. The van der Waals surface area contributed by atoms with Crippen molar-refractivity contribution in [2.75, 3.05) is 6.61 Å². The molecule has 0 amide bonds. The Labute approximate surface area is 233 Å². The highest BCUT2D eigenvalue weighted by atomic mass is 32.1. The molecule has 0 saturated carbocycles. The number of aliphatic hydroxyl groups excluding tert-OH is 1. The van der Waals surface area contributed by atoms with Crippen molar-refractivity contribution < 1.29 is 18.7 Å². The molecule has 206 valence electrons. The van der Waals surface area contributed by atoms with Crippen LogP contribution in [0.1, 0.15) is 88.0 Å². The van der Waals surface area contributed by atoms with Gasteiger partial charge in [0.1, 0.15) is 12.4 Å². The molecule has 1 aromatic carbocycles. The number of thiophene rings is 1. The Bertz CT molecular complexity index is 1020. The Morgan fingerprint density at radius 1 is 0.892 bits per heavy atom. The van der Waals surface area contributed by atoms with E-state index in [1.54, 1.807) is 11.3 Å². The fourth-order valence-electron chi connectivity index (χ4n) is 4.31. The first-order valence-corrected chi connectivity index (χ1v) is 18.9. The Morgan fingerprint density at radius 3 is 1.95 bits per heavy atom. The van der Waals surface area contributed by atoms with Crippen molar-refractivity contribution in [1.29, 1.82) is 0 Å². The van der Waals surface area contributed by atoms with Gasteiger partial charge in [-0.1, -0.05) is 60.6 Å². The first-order valence-electron chi connectivity index (χ1n) is 13.3. The summed E-state index contributed by atoms with van der Waals surface area (Å²) in [4.78, 5) is 2.35. The van der Waals surface area contributed by atoms with Crippen LogP contribution in [-0.4, -0.2) is 29.8 Å². The molecule has 2 atom stereocenters. The average Bonchev–Trinajstić information content (AvgIpc) is 3.25. The second-order valence-electron chi connectivity index (χ2n) is 12.2. The van der Waals surface area contributed by atoms with Crippen LogP contribution >= 0.6 is 11.3 Å². The summed E-state index contributed by atoms with van der Waals surface area (Å²) in [5, 5.41) is 9.32. The zero-order valence-electron chi connectivity index (χ0n) is 24.8. The third kappa shape index (κ3) is 9.48. The van der Waals surface area contributed by atoms with Crippen LogP contribution in [0, 0.1) is 10.8 Å². The molecule has 0 aliphatic carbocycles. The summed E-state index contributed by atoms with van der Waals surface area (Å²) in [6.45, 7) is 25.0. The van der Waals surface area contributed by atoms with E-state index in [0.29, 0.717) is 6.61 Å². The van der Waals surface area contributed by atoms with E-state index in [2.05, 4.69) is 105 Å². The zero-order chi connectivity index (χ0) is 28.0. The number of allylic oxidation sites excluding steroid dienone is 1. The maximum atomic E-state index is 9.32. The summed E-state index contributed by atoms with van der Waals surface area (Å²) in [7, 11) is -1.85. The van der Waals surface area contributed by atoms with E-state index >= 15 is 0 Å². The number of rotatable bonds is 12. The maximum Gasteiger partial charge on any atom is 0.205 e. The molecule has 2 radical (unpaired) electrons. The lowest BCUT2D eigenvalue weighted by atomic mass is 9.77. The molecule has 4 nitrogen and oxygen atoms in total. The molecule has 0 fully saturated rings. The first kappa shape index (κ1) is 32.0. The maximum absolute atomic E-state index is 9.32. The summed E-state index contributed by atoms with van der Waals surface area (Å²) in [6.07, 6.45) is 2.70. The van der Waals surface area contributed by atoms with Gasteiger partial charge in [-0.3, -0.25) is 0 Å². The van der Waals surface area contributed by atoms with E-state index in [1.165, 1.54) is 21.6 Å². The van der Waals surface area contributed by atoms with Gasteiger partial charge in [-0.15, -0.1) is 11.3 Å². The van der Waals surface area contributed by atoms with Gasteiger partial charge in [0.2, 0.25) is 18.1 Å². The molecule has 0 aliphatic rings. The number of aliphatic hydroxyl groups is 1. The third-order valence-corrected chi connectivity index (χ3v) is 8.53. The molecule has 0 saturated heterocycles. The largest absolute Gasteiger partial charge is 0.488 e. The van der Waals surface area contributed by atoms with Gasteiger partial charge in [-0.25, -0.2) is 0 Å². The van der Waals surface area contributed by atoms with Crippen molar-refractivity contribution in [3.63, 3.8) is 0 Å². The minimum atomic E-state index is -0.939. The van der Waals surface area contributed by atoms with E-state index in [9.17, 15) is 5.11 Å². The topological polar surface area (TPSA) is 47.9 Å². The van der Waals surface area contributed by atoms with Crippen LogP contribution < -0.4 is 4.74 Å². The fourth-order valence-corrected chi connectivity index (χ4v) is 7.24.